The van der Waals surface area contributed by atoms with Gasteiger partial charge in [-0.3, -0.25) is 0 Å². The van der Waals surface area contributed by atoms with Crippen LogP contribution in [0.4, 0.5) is 0 Å². The third-order valence-corrected chi connectivity index (χ3v) is 3.93. The van der Waals surface area contributed by atoms with Crippen LogP contribution < -0.4 is 5.32 Å². The van der Waals surface area contributed by atoms with Crippen molar-refractivity contribution in [2.75, 3.05) is 20.2 Å². The quantitative estimate of drug-likeness (QED) is 0.760. The Morgan fingerprint density at radius 1 is 1.50 bits per heavy atom. The van der Waals surface area contributed by atoms with Crippen molar-refractivity contribution >= 4 is 5.97 Å². The molecule has 0 bridgehead atoms. The fourth-order valence-electron chi connectivity index (χ4n) is 2.96. The lowest BCUT2D eigenvalue weighted by Gasteiger charge is -2.15. The van der Waals surface area contributed by atoms with Gasteiger partial charge in [-0.15, -0.1) is 0 Å². The van der Waals surface area contributed by atoms with Gasteiger partial charge >= 0.3 is 5.97 Å². The highest BCUT2D eigenvalue weighted by atomic mass is 16.5. The number of rotatable bonds is 2. The van der Waals surface area contributed by atoms with E-state index in [1.807, 2.05) is 18.2 Å². The van der Waals surface area contributed by atoms with E-state index in [2.05, 4.69) is 11.4 Å². The third kappa shape index (κ3) is 1.21. The summed E-state index contributed by atoms with van der Waals surface area (Å²) in [7, 11) is 1.44. The molecule has 16 heavy (non-hydrogen) atoms. The van der Waals surface area contributed by atoms with Crippen molar-refractivity contribution in [3.8, 4) is 0 Å². The highest BCUT2D eigenvalue weighted by Gasteiger charge is 2.59. The molecular formula is C13H15NO2. The summed E-state index contributed by atoms with van der Waals surface area (Å²) in [6, 6.07) is 7.83. The van der Waals surface area contributed by atoms with E-state index in [1.54, 1.807) is 0 Å². The number of hydrogen-bond donors (Lipinski definition) is 1. The molecule has 1 aliphatic heterocycles. The highest BCUT2D eigenvalue weighted by molar-refractivity contribution is 5.91. The minimum atomic E-state index is -0.220. The van der Waals surface area contributed by atoms with E-state index in [-0.39, 0.29) is 11.4 Å². The molecule has 2 unspecified atom stereocenters. The maximum Gasteiger partial charge on any atom is 0.338 e. The lowest BCUT2D eigenvalue weighted by Crippen LogP contribution is -2.22. The number of carbonyl (C=O) groups excluding carboxylic acids is 1. The van der Waals surface area contributed by atoms with Gasteiger partial charge in [0.1, 0.15) is 0 Å². The normalized spacial score (nSPS) is 30.9. The average Bonchev–Trinajstić information content (AvgIpc) is 2.91. The summed E-state index contributed by atoms with van der Waals surface area (Å²) >= 11 is 0. The molecular weight excluding hydrogens is 202 g/mol. The SMILES string of the molecule is COC(=O)c1ccccc1C12CNCC1C2. The van der Waals surface area contributed by atoms with Gasteiger partial charge in [0.2, 0.25) is 0 Å². The Balaban J connectivity index is 2.04. The number of piperidine rings is 1. The summed E-state index contributed by atoms with van der Waals surface area (Å²) in [5.41, 5.74) is 2.11. The third-order valence-electron chi connectivity index (χ3n) is 3.93. The Hall–Kier alpha value is -1.35. The van der Waals surface area contributed by atoms with Crippen LogP contribution in [0.1, 0.15) is 22.3 Å². The molecule has 84 valence electrons. The molecule has 3 nitrogen and oxygen atoms in total. The number of ether oxygens (including phenoxy) is 1. The second-order valence-electron chi connectivity index (χ2n) is 4.73. The van der Waals surface area contributed by atoms with Crippen LogP contribution in [0.3, 0.4) is 0 Å². The zero-order valence-corrected chi connectivity index (χ0v) is 9.32. The summed E-state index contributed by atoms with van der Waals surface area (Å²) in [6.45, 7) is 2.07. The topological polar surface area (TPSA) is 38.3 Å². The fourth-order valence-corrected chi connectivity index (χ4v) is 2.96. The van der Waals surface area contributed by atoms with Gasteiger partial charge in [0, 0.05) is 12.0 Å². The summed E-state index contributed by atoms with van der Waals surface area (Å²) in [5, 5.41) is 3.39. The molecule has 1 aliphatic carbocycles. The van der Waals surface area contributed by atoms with Crippen molar-refractivity contribution in [2.45, 2.75) is 11.8 Å². The summed E-state index contributed by atoms with van der Waals surface area (Å²) < 4.78 is 4.84. The van der Waals surface area contributed by atoms with Gasteiger partial charge < -0.3 is 10.1 Å². The molecule has 0 amide bonds. The van der Waals surface area contributed by atoms with Gasteiger partial charge in [0.25, 0.3) is 0 Å². The van der Waals surface area contributed by atoms with Crippen LogP contribution in [0.15, 0.2) is 24.3 Å². The van der Waals surface area contributed by atoms with Crippen molar-refractivity contribution in [3.05, 3.63) is 35.4 Å². The van der Waals surface area contributed by atoms with Gasteiger partial charge in [0.15, 0.2) is 0 Å². The highest BCUT2D eigenvalue weighted by Crippen LogP contribution is 2.57. The Kier molecular flexibility index (Phi) is 2.04. The molecule has 1 aromatic rings. The van der Waals surface area contributed by atoms with Crippen molar-refractivity contribution in [1.29, 1.82) is 0 Å². The maximum absolute atomic E-state index is 11.7. The monoisotopic (exact) mass is 217 g/mol. The van der Waals surface area contributed by atoms with Crippen LogP contribution in [0.2, 0.25) is 0 Å². The Morgan fingerprint density at radius 3 is 2.94 bits per heavy atom. The van der Waals surface area contributed by atoms with Crippen molar-refractivity contribution in [3.63, 3.8) is 0 Å². The van der Waals surface area contributed by atoms with Crippen LogP contribution in [-0.2, 0) is 10.2 Å². The van der Waals surface area contributed by atoms with Crippen molar-refractivity contribution < 1.29 is 9.53 Å². The van der Waals surface area contributed by atoms with Gasteiger partial charge in [-0.1, -0.05) is 18.2 Å². The predicted octanol–water partition coefficient (Wildman–Crippen LogP) is 1.33. The van der Waals surface area contributed by atoms with E-state index in [4.69, 9.17) is 4.74 Å². The van der Waals surface area contributed by atoms with E-state index in [9.17, 15) is 4.79 Å². The second-order valence-corrected chi connectivity index (χ2v) is 4.73. The molecule has 0 aromatic heterocycles. The Bertz CT molecular complexity index is 443. The first-order chi connectivity index (χ1) is 7.78. The number of nitrogens with one attached hydrogen (secondary N) is 1. The number of benzene rings is 1. The minimum absolute atomic E-state index is 0.213. The van der Waals surface area contributed by atoms with Crippen molar-refractivity contribution in [2.24, 2.45) is 5.92 Å². The molecule has 2 fully saturated rings. The lowest BCUT2D eigenvalue weighted by molar-refractivity contribution is 0.0598. The number of methoxy groups -OCH3 is 1. The van der Waals surface area contributed by atoms with Gasteiger partial charge in [-0.25, -0.2) is 4.79 Å². The number of hydrogen-bond acceptors (Lipinski definition) is 3. The summed E-state index contributed by atoms with van der Waals surface area (Å²) in [6.07, 6.45) is 1.20. The average molecular weight is 217 g/mol. The van der Waals surface area contributed by atoms with E-state index >= 15 is 0 Å². The van der Waals surface area contributed by atoms with E-state index in [0.717, 1.165) is 24.2 Å². The molecule has 2 aliphatic rings. The van der Waals surface area contributed by atoms with Crippen LogP contribution in [0.25, 0.3) is 0 Å². The van der Waals surface area contributed by atoms with Crippen LogP contribution in [0.5, 0.6) is 0 Å². The molecule has 0 radical (unpaired) electrons. The first-order valence-corrected chi connectivity index (χ1v) is 5.66. The van der Waals surface area contributed by atoms with Gasteiger partial charge in [-0.05, 0) is 30.5 Å². The molecule has 1 saturated heterocycles. The van der Waals surface area contributed by atoms with Crippen molar-refractivity contribution in [1.82, 2.24) is 5.32 Å². The van der Waals surface area contributed by atoms with Crippen LogP contribution in [-0.4, -0.2) is 26.2 Å². The molecule has 1 aromatic carbocycles. The van der Waals surface area contributed by atoms with Crippen LogP contribution in [0, 0.1) is 5.92 Å². The molecule has 0 spiro atoms. The van der Waals surface area contributed by atoms with E-state index in [0.29, 0.717) is 5.92 Å². The summed E-state index contributed by atoms with van der Waals surface area (Å²) in [5.74, 6) is 0.487. The first-order valence-electron chi connectivity index (χ1n) is 5.66. The fraction of sp³-hybridized carbons (Fsp3) is 0.462. The van der Waals surface area contributed by atoms with E-state index < -0.39 is 0 Å². The minimum Gasteiger partial charge on any atom is -0.465 e. The first kappa shape index (κ1) is 9.85. The summed E-state index contributed by atoms with van der Waals surface area (Å²) in [4.78, 5) is 11.7. The molecule has 3 rings (SSSR count). The Labute approximate surface area is 94.8 Å². The molecule has 1 saturated carbocycles. The Morgan fingerprint density at radius 2 is 2.31 bits per heavy atom. The smallest absolute Gasteiger partial charge is 0.338 e. The zero-order valence-electron chi connectivity index (χ0n) is 9.32. The molecule has 2 atom stereocenters. The maximum atomic E-state index is 11.7. The standard InChI is InChI=1S/C13H15NO2/c1-16-12(15)10-4-2-3-5-11(10)13-6-9(13)7-14-8-13/h2-5,9,14H,6-8H2,1H3. The number of fused-ring (bicyclic) bond motifs is 1. The van der Waals surface area contributed by atoms with Gasteiger partial charge in [0.05, 0.1) is 12.7 Å². The zero-order chi connectivity index (χ0) is 11.2. The van der Waals surface area contributed by atoms with Crippen LogP contribution >= 0.6 is 0 Å². The second kappa shape index (κ2) is 3.32. The largest absolute Gasteiger partial charge is 0.465 e. The molecule has 3 heteroatoms. The molecule has 1 N–H and O–H groups in total. The molecule has 1 heterocycles. The van der Waals surface area contributed by atoms with E-state index in [1.165, 1.54) is 13.5 Å². The number of carbonyl (C=O) groups is 1. The lowest BCUT2D eigenvalue weighted by atomic mass is 9.90. The van der Waals surface area contributed by atoms with Gasteiger partial charge in [-0.2, -0.15) is 0 Å². The number of esters is 1. The predicted molar refractivity (Wildman–Crippen MR) is 60.4 cm³/mol.